The molecule has 2 amide bonds. The van der Waals surface area contributed by atoms with E-state index in [4.69, 9.17) is 9.84 Å². The lowest BCUT2D eigenvalue weighted by Crippen LogP contribution is -2.27. The van der Waals surface area contributed by atoms with Gasteiger partial charge in [-0.3, -0.25) is 4.79 Å². The summed E-state index contributed by atoms with van der Waals surface area (Å²) in [7, 11) is 0. The number of carbonyl (C=O) groups is 3. The van der Waals surface area contributed by atoms with Crippen LogP contribution in [0.3, 0.4) is 0 Å². The zero-order chi connectivity index (χ0) is 23.9. The number of carboxylic acids is 1. The lowest BCUT2D eigenvalue weighted by molar-refractivity contribution is -0.115. The minimum atomic E-state index is -1.13. The third-order valence-electron chi connectivity index (χ3n) is 5.23. The van der Waals surface area contributed by atoms with E-state index >= 15 is 0 Å². The fourth-order valence-corrected chi connectivity index (χ4v) is 3.65. The van der Waals surface area contributed by atoms with E-state index in [1.165, 1.54) is 0 Å². The van der Waals surface area contributed by atoms with Gasteiger partial charge < -0.3 is 20.5 Å². The van der Waals surface area contributed by atoms with Crippen LogP contribution in [0.25, 0.3) is 11.1 Å². The second-order valence-corrected chi connectivity index (χ2v) is 7.36. The summed E-state index contributed by atoms with van der Waals surface area (Å²) in [5.41, 5.74) is 4.48. The first-order valence-electron chi connectivity index (χ1n) is 10.4. The van der Waals surface area contributed by atoms with Crippen LogP contribution in [0.1, 0.15) is 33.2 Å². The first-order chi connectivity index (χ1) is 16.5. The summed E-state index contributed by atoms with van der Waals surface area (Å²) in [6.45, 7) is 0.121. The van der Waals surface area contributed by atoms with Gasteiger partial charge in [0.05, 0.1) is 18.7 Å². The third kappa shape index (κ3) is 5.19. The number of benzene rings is 2. The molecule has 0 fully saturated rings. The van der Waals surface area contributed by atoms with E-state index in [2.05, 4.69) is 44.6 Å². The van der Waals surface area contributed by atoms with E-state index in [0.29, 0.717) is 0 Å². The van der Waals surface area contributed by atoms with Crippen molar-refractivity contribution in [3.63, 3.8) is 0 Å². The summed E-state index contributed by atoms with van der Waals surface area (Å²) >= 11 is 0. The second-order valence-electron chi connectivity index (χ2n) is 7.36. The molecule has 0 aliphatic heterocycles. The summed E-state index contributed by atoms with van der Waals surface area (Å²) in [6.07, 6.45) is 1.69. The number of ether oxygens (including phenoxy) is 1. The molecule has 9 nitrogen and oxygen atoms in total. The highest BCUT2D eigenvalue weighted by atomic mass is 16.5. The van der Waals surface area contributed by atoms with Gasteiger partial charge in [-0.25, -0.2) is 19.6 Å². The predicted molar refractivity (Wildman–Crippen MR) is 122 cm³/mol. The van der Waals surface area contributed by atoms with E-state index < -0.39 is 18.0 Å². The van der Waals surface area contributed by atoms with Crippen molar-refractivity contribution in [1.82, 2.24) is 20.6 Å². The van der Waals surface area contributed by atoms with Crippen molar-refractivity contribution in [3.05, 3.63) is 83.4 Å². The largest absolute Gasteiger partial charge is 0.478 e. The number of hydrogen-bond acceptors (Lipinski definition) is 6. The fourth-order valence-electron chi connectivity index (χ4n) is 3.65. The van der Waals surface area contributed by atoms with Gasteiger partial charge in [-0.05, 0) is 28.2 Å². The van der Waals surface area contributed by atoms with Crippen LogP contribution in [0.5, 0.6) is 0 Å². The van der Waals surface area contributed by atoms with E-state index in [0.717, 1.165) is 34.6 Å². The minimum Gasteiger partial charge on any atom is -0.478 e. The van der Waals surface area contributed by atoms with Crippen molar-refractivity contribution >= 4 is 18.0 Å². The fraction of sp³-hybridized carbons (Fsp3) is 0.160. The molecule has 0 saturated carbocycles. The Balaban J connectivity index is 1.22. The van der Waals surface area contributed by atoms with E-state index in [1.807, 2.05) is 36.4 Å². The van der Waals surface area contributed by atoms with Crippen LogP contribution < -0.4 is 10.6 Å². The van der Waals surface area contributed by atoms with Crippen LogP contribution in [0.2, 0.25) is 0 Å². The van der Waals surface area contributed by atoms with Crippen molar-refractivity contribution in [3.8, 4) is 23.0 Å². The Morgan fingerprint density at radius 1 is 0.941 bits per heavy atom. The highest BCUT2D eigenvalue weighted by Gasteiger charge is 2.28. The molecule has 3 N–H and O–H groups in total. The molecule has 1 aromatic heterocycles. The zero-order valence-electron chi connectivity index (χ0n) is 17.9. The van der Waals surface area contributed by atoms with Crippen LogP contribution in [0.15, 0.2) is 60.9 Å². The van der Waals surface area contributed by atoms with Gasteiger partial charge in [0.15, 0.2) is 0 Å². The van der Waals surface area contributed by atoms with Crippen LogP contribution in [-0.2, 0) is 16.1 Å². The van der Waals surface area contributed by atoms with Crippen LogP contribution in [-0.4, -0.2) is 46.2 Å². The number of rotatable bonds is 6. The number of aromatic carboxylic acids is 1. The Bertz CT molecular complexity index is 1250. The summed E-state index contributed by atoms with van der Waals surface area (Å²) < 4.78 is 5.40. The minimum absolute atomic E-state index is 0.00673. The van der Waals surface area contributed by atoms with Gasteiger partial charge in [0.1, 0.15) is 12.4 Å². The molecule has 34 heavy (non-hydrogen) atoms. The van der Waals surface area contributed by atoms with Crippen LogP contribution >= 0.6 is 0 Å². The van der Waals surface area contributed by atoms with Gasteiger partial charge in [-0.2, -0.15) is 0 Å². The first-order valence-corrected chi connectivity index (χ1v) is 10.4. The molecule has 0 atom stereocenters. The number of aromatic nitrogens is 2. The lowest BCUT2D eigenvalue weighted by atomic mass is 9.98. The number of carboxylic acid groups (broad SMARTS) is 1. The molecular formula is C25H20N4O5. The molecule has 170 valence electrons. The highest BCUT2D eigenvalue weighted by molar-refractivity contribution is 5.93. The molecule has 3 aromatic rings. The second kappa shape index (κ2) is 10.3. The average Bonchev–Trinajstić information content (AvgIpc) is 3.18. The monoisotopic (exact) mass is 456 g/mol. The van der Waals surface area contributed by atoms with Gasteiger partial charge >= 0.3 is 12.1 Å². The van der Waals surface area contributed by atoms with Gasteiger partial charge in [0.2, 0.25) is 0 Å². The van der Waals surface area contributed by atoms with E-state index in [9.17, 15) is 14.4 Å². The molecule has 0 unspecified atom stereocenters. The van der Waals surface area contributed by atoms with Gasteiger partial charge in [-0.1, -0.05) is 54.5 Å². The molecular weight excluding hydrogens is 436 g/mol. The predicted octanol–water partition coefficient (Wildman–Crippen LogP) is 2.33. The molecule has 0 radical (unpaired) electrons. The van der Waals surface area contributed by atoms with Gasteiger partial charge in [0.25, 0.3) is 5.91 Å². The quantitative estimate of drug-likeness (QED) is 0.485. The van der Waals surface area contributed by atoms with Crippen molar-refractivity contribution in [2.24, 2.45) is 0 Å². The molecule has 4 rings (SSSR count). The third-order valence-corrected chi connectivity index (χ3v) is 5.23. The van der Waals surface area contributed by atoms with Crippen molar-refractivity contribution < 1.29 is 24.2 Å². The van der Waals surface area contributed by atoms with E-state index in [1.54, 1.807) is 0 Å². The molecule has 1 aliphatic carbocycles. The van der Waals surface area contributed by atoms with Gasteiger partial charge in [0, 0.05) is 18.3 Å². The standard InChI is InChI=1S/C25H20N4O5/c30-23(29-14-22-27-12-16(13-28-22)24(31)32)10-5-11-26-25(33)34-15-21-19-8-3-1-6-17(19)18-7-2-4-9-20(18)21/h1-4,6-9,12-13,21H,11,14-15H2,(H,26,33)(H,29,30)(H,31,32). The Labute approximate surface area is 195 Å². The summed E-state index contributed by atoms with van der Waals surface area (Å²) in [5, 5.41) is 13.8. The molecule has 0 spiro atoms. The smallest absolute Gasteiger partial charge is 0.407 e. The summed E-state index contributed by atoms with van der Waals surface area (Å²) in [4.78, 5) is 42.3. The van der Waals surface area contributed by atoms with E-state index in [-0.39, 0.29) is 37.0 Å². The lowest BCUT2D eigenvalue weighted by Gasteiger charge is -2.14. The number of carbonyl (C=O) groups excluding carboxylic acids is 2. The molecule has 2 aromatic carbocycles. The Morgan fingerprint density at radius 2 is 1.56 bits per heavy atom. The zero-order valence-corrected chi connectivity index (χ0v) is 17.9. The number of amides is 2. The van der Waals surface area contributed by atoms with Crippen LogP contribution in [0, 0.1) is 11.8 Å². The molecule has 0 saturated heterocycles. The highest BCUT2D eigenvalue weighted by Crippen LogP contribution is 2.44. The normalized spacial score (nSPS) is 11.4. The van der Waals surface area contributed by atoms with Crippen molar-refractivity contribution in [1.29, 1.82) is 0 Å². The average molecular weight is 456 g/mol. The maximum absolute atomic E-state index is 12.1. The number of alkyl carbamates (subject to hydrolysis) is 1. The first kappa shape index (κ1) is 22.5. The van der Waals surface area contributed by atoms with Gasteiger partial charge in [-0.15, -0.1) is 0 Å². The number of nitrogens with one attached hydrogen (secondary N) is 2. The number of fused-ring (bicyclic) bond motifs is 3. The molecule has 1 heterocycles. The topological polar surface area (TPSA) is 131 Å². The Morgan fingerprint density at radius 3 is 2.18 bits per heavy atom. The maximum Gasteiger partial charge on any atom is 0.407 e. The number of hydrogen-bond donors (Lipinski definition) is 3. The van der Waals surface area contributed by atoms with Crippen molar-refractivity contribution in [2.45, 2.75) is 12.5 Å². The molecule has 0 bridgehead atoms. The van der Waals surface area contributed by atoms with Crippen molar-refractivity contribution in [2.75, 3.05) is 13.2 Å². The summed E-state index contributed by atoms with van der Waals surface area (Å²) in [5.74, 6) is 3.37. The summed E-state index contributed by atoms with van der Waals surface area (Å²) in [6, 6.07) is 16.1. The molecule has 1 aliphatic rings. The SMILES string of the molecule is O=C(C#CCNC(=O)OCC1c2ccccc2-c2ccccc21)NCc1ncc(C(=O)O)cn1. The number of nitrogens with zero attached hydrogens (tertiary/aromatic N) is 2. The Hall–Kier alpha value is -4.71. The Kier molecular flexibility index (Phi) is 6.79. The maximum atomic E-state index is 12.1. The molecule has 9 heteroatoms. The van der Waals surface area contributed by atoms with Crippen LogP contribution in [0.4, 0.5) is 4.79 Å².